The second-order valence-electron chi connectivity index (χ2n) is 18.3. The van der Waals surface area contributed by atoms with Crippen LogP contribution in [-0.2, 0) is 9.47 Å². The minimum atomic E-state index is -0.434. The molecular weight excluding hydrogens is 588 g/mol. The van der Waals surface area contributed by atoms with E-state index in [-0.39, 0.29) is 6.10 Å². The molecule has 4 aliphatic carbocycles. The monoisotopic (exact) mass is 669 g/mol. The molecule has 0 N–H and O–H groups in total. The maximum absolute atomic E-state index is 12.6. The first-order valence-corrected chi connectivity index (χ1v) is 21.7. The number of hydrogen-bond donors (Lipinski definition) is 0. The van der Waals surface area contributed by atoms with E-state index in [0.29, 0.717) is 17.4 Å². The SMILES string of the molecule is CCCCCCCCCCCCCCCCCOC(=O)O[C@H]1CC[C@@]2(C)C(=CC[C@H]3[C@@H]4CC[C@H]([C@@H](C)CCCC(C)C)[C@@]4(C)CC[C@@H]32)C1. The molecule has 4 rings (SSSR count). The lowest BCUT2D eigenvalue weighted by Gasteiger charge is -2.58. The summed E-state index contributed by atoms with van der Waals surface area (Å²) in [7, 11) is 0. The molecule has 8 atom stereocenters. The van der Waals surface area contributed by atoms with Gasteiger partial charge in [0.05, 0.1) is 6.61 Å². The van der Waals surface area contributed by atoms with Crippen LogP contribution in [0, 0.1) is 46.3 Å². The predicted octanol–water partition coefficient (Wildman–Crippen LogP) is 14.4. The van der Waals surface area contributed by atoms with Gasteiger partial charge in [-0.25, -0.2) is 4.79 Å². The van der Waals surface area contributed by atoms with Crippen molar-refractivity contribution in [1.29, 1.82) is 0 Å². The third-order valence-corrected chi connectivity index (χ3v) is 14.5. The third kappa shape index (κ3) is 11.0. The van der Waals surface area contributed by atoms with Gasteiger partial charge in [-0.3, -0.25) is 0 Å². The van der Waals surface area contributed by atoms with Crippen LogP contribution in [0.3, 0.4) is 0 Å². The zero-order chi connectivity index (χ0) is 34.4. The number of unbranched alkanes of at least 4 members (excludes halogenated alkanes) is 14. The van der Waals surface area contributed by atoms with E-state index < -0.39 is 6.16 Å². The Balaban J connectivity index is 1.08. The van der Waals surface area contributed by atoms with Crippen LogP contribution in [0.15, 0.2) is 11.6 Å². The van der Waals surface area contributed by atoms with E-state index in [0.717, 1.165) is 67.6 Å². The molecule has 0 heterocycles. The molecule has 278 valence electrons. The van der Waals surface area contributed by atoms with Crippen LogP contribution in [0.5, 0.6) is 0 Å². The highest BCUT2D eigenvalue weighted by Gasteiger charge is 2.59. The fourth-order valence-corrected chi connectivity index (χ4v) is 11.6. The van der Waals surface area contributed by atoms with Crippen molar-refractivity contribution in [3.8, 4) is 0 Å². The van der Waals surface area contributed by atoms with Gasteiger partial charge in [-0.05, 0) is 97.7 Å². The Hall–Kier alpha value is -0.990. The number of carbonyl (C=O) groups is 1. The lowest BCUT2D eigenvalue weighted by Crippen LogP contribution is -2.51. The summed E-state index contributed by atoms with van der Waals surface area (Å²) in [5, 5.41) is 0. The molecule has 0 radical (unpaired) electrons. The Bertz CT molecular complexity index is 954. The lowest BCUT2D eigenvalue weighted by molar-refractivity contribution is -0.0617. The number of rotatable bonds is 22. The van der Waals surface area contributed by atoms with Crippen LogP contribution in [0.4, 0.5) is 4.79 Å². The minimum Gasteiger partial charge on any atom is -0.434 e. The second kappa shape index (κ2) is 20.2. The molecule has 3 saturated carbocycles. The lowest BCUT2D eigenvalue weighted by atomic mass is 9.47. The van der Waals surface area contributed by atoms with Gasteiger partial charge in [0.1, 0.15) is 6.10 Å². The highest BCUT2D eigenvalue weighted by Crippen LogP contribution is 2.67. The summed E-state index contributed by atoms with van der Waals surface area (Å²) < 4.78 is 11.5. The number of allylic oxidation sites excluding steroid dienone is 1. The Morgan fingerprint density at radius 3 is 2.00 bits per heavy atom. The number of ether oxygens (including phenoxy) is 2. The molecular formula is C45H80O3. The average molecular weight is 669 g/mol. The first kappa shape index (κ1) is 39.8. The molecule has 3 heteroatoms. The van der Waals surface area contributed by atoms with Crippen molar-refractivity contribution in [2.75, 3.05) is 6.61 Å². The molecule has 0 unspecified atom stereocenters. The molecule has 0 aromatic rings. The van der Waals surface area contributed by atoms with Crippen LogP contribution in [0.25, 0.3) is 0 Å². The van der Waals surface area contributed by atoms with Crippen LogP contribution in [-0.4, -0.2) is 18.9 Å². The van der Waals surface area contributed by atoms with E-state index in [1.807, 2.05) is 0 Å². The van der Waals surface area contributed by atoms with Gasteiger partial charge in [-0.15, -0.1) is 0 Å². The Labute approximate surface area is 298 Å². The normalized spacial score (nSPS) is 31.9. The smallest absolute Gasteiger partial charge is 0.434 e. The zero-order valence-electron chi connectivity index (χ0n) is 32.9. The van der Waals surface area contributed by atoms with Gasteiger partial charge in [0.15, 0.2) is 0 Å². The summed E-state index contributed by atoms with van der Waals surface area (Å²) in [4.78, 5) is 12.6. The first-order valence-electron chi connectivity index (χ1n) is 21.7. The minimum absolute atomic E-state index is 0.00848. The van der Waals surface area contributed by atoms with Crippen molar-refractivity contribution in [2.45, 2.75) is 215 Å². The maximum Gasteiger partial charge on any atom is 0.508 e. The van der Waals surface area contributed by atoms with Gasteiger partial charge >= 0.3 is 6.16 Å². The molecule has 48 heavy (non-hydrogen) atoms. The van der Waals surface area contributed by atoms with Crippen LogP contribution in [0.2, 0.25) is 0 Å². The third-order valence-electron chi connectivity index (χ3n) is 14.5. The molecule has 0 aromatic carbocycles. The standard InChI is InChI=1S/C45H80O3/c1-7-8-9-10-11-12-13-14-15-16-17-18-19-20-21-33-47-43(46)48-38-29-31-44(5)37(34-38)25-26-39-41-28-27-40(36(4)24-22-23-35(2)3)45(41,6)32-30-42(39)44/h25,35-36,38-42H,7-24,26-34H2,1-6H3/t36-,38-,39-,40+,41-,42-,44-,45+/m0/s1. The zero-order valence-corrected chi connectivity index (χ0v) is 32.9. The van der Waals surface area contributed by atoms with Gasteiger partial charge in [0.2, 0.25) is 0 Å². The number of carbonyl (C=O) groups excluding carboxylic acids is 1. The number of hydrogen-bond acceptors (Lipinski definition) is 3. The summed E-state index contributed by atoms with van der Waals surface area (Å²) >= 11 is 0. The molecule has 0 bridgehead atoms. The van der Waals surface area contributed by atoms with E-state index in [1.54, 1.807) is 5.57 Å². The Morgan fingerprint density at radius 2 is 1.38 bits per heavy atom. The van der Waals surface area contributed by atoms with E-state index in [4.69, 9.17) is 9.47 Å². The largest absolute Gasteiger partial charge is 0.508 e. The first-order chi connectivity index (χ1) is 23.2. The van der Waals surface area contributed by atoms with Gasteiger partial charge in [-0.2, -0.15) is 0 Å². The average Bonchev–Trinajstić information content (AvgIpc) is 3.42. The quantitative estimate of drug-likeness (QED) is 0.0654. The van der Waals surface area contributed by atoms with Crippen molar-refractivity contribution in [3.05, 3.63) is 11.6 Å². The summed E-state index contributed by atoms with van der Waals surface area (Å²) in [6.45, 7) is 15.4. The van der Waals surface area contributed by atoms with E-state index in [9.17, 15) is 4.79 Å². The molecule has 3 fully saturated rings. The molecule has 0 spiro atoms. The van der Waals surface area contributed by atoms with Crippen molar-refractivity contribution in [1.82, 2.24) is 0 Å². The van der Waals surface area contributed by atoms with Gasteiger partial charge < -0.3 is 9.47 Å². The highest BCUT2D eigenvalue weighted by atomic mass is 16.7. The summed E-state index contributed by atoms with van der Waals surface area (Å²) in [6.07, 6.45) is 36.6. The van der Waals surface area contributed by atoms with Crippen molar-refractivity contribution in [3.63, 3.8) is 0 Å². The summed E-state index contributed by atoms with van der Waals surface area (Å²) in [5.41, 5.74) is 2.43. The van der Waals surface area contributed by atoms with Crippen LogP contribution >= 0.6 is 0 Å². The molecule has 3 nitrogen and oxygen atoms in total. The fraction of sp³-hybridized carbons (Fsp3) is 0.933. The van der Waals surface area contributed by atoms with E-state index >= 15 is 0 Å². The number of fused-ring (bicyclic) bond motifs is 5. The highest BCUT2D eigenvalue weighted by molar-refractivity contribution is 5.60. The van der Waals surface area contributed by atoms with E-state index in [1.165, 1.54) is 135 Å². The van der Waals surface area contributed by atoms with E-state index in [2.05, 4.69) is 47.6 Å². The van der Waals surface area contributed by atoms with Crippen LogP contribution in [0.1, 0.15) is 208 Å². The molecule has 4 aliphatic rings. The fourth-order valence-electron chi connectivity index (χ4n) is 11.6. The van der Waals surface area contributed by atoms with Crippen molar-refractivity contribution < 1.29 is 14.3 Å². The van der Waals surface area contributed by atoms with Crippen molar-refractivity contribution >= 4 is 6.16 Å². The molecule has 0 saturated heterocycles. The van der Waals surface area contributed by atoms with Gasteiger partial charge in [0, 0.05) is 6.42 Å². The predicted molar refractivity (Wildman–Crippen MR) is 204 cm³/mol. The Morgan fingerprint density at radius 1 is 0.750 bits per heavy atom. The maximum atomic E-state index is 12.6. The molecule has 0 aromatic heterocycles. The van der Waals surface area contributed by atoms with Crippen molar-refractivity contribution in [2.24, 2.45) is 46.3 Å². The van der Waals surface area contributed by atoms with Gasteiger partial charge in [0.25, 0.3) is 0 Å². The van der Waals surface area contributed by atoms with Gasteiger partial charge in [-0.1, -0.05) is 162 Å². The van der Waals surface area contributed by atoms with Crippen LogP contribution < -0.4 is 0 Å². The molecule has 0 amide bonds. The summed E-state index contributed by atoms with van der Waals surface area (Å²) in [5.74, 6) is 5.17. The Kier molecular flexibility index (Phi) is 16.7. The molecule has 0 aliphatic heterocycles. The topological polar surface area (TPSA) is 35.5 Å². The second-order valence-corrected chi connectivity index (χ2v) is 18.3. The summed E-state index contributed by atoms with van der Waals surface area (Å²) in [6, 6.07) is 0.